The molecule has 5 aromatic rings. The highest BCUT2D eigenvalue weighted by Crippen LogP contribution is 2.38. The Morgan fingerprint density at radius 2 is 1.47 bits per heavy atom. The Morgan fingerprint density at radius 1 is 0.787 bits per heavy atom. The van der Waals surface area contributed by atoms with E-state index in [1.807, 2.05) is 80.1 Å². The van der Waals surface area contributed by atoms with Gasteiger partial charge < -0.3 is 20.4 Å². The molecule has 3 aliphatic heterocycles. The zero-order valence-corrected chi connectivity index (χ0v) is 26.3. The molecule has 0 saturated carbocycles. The number of aromatic nitrogens is 4. The smallest absolute Gasteiger partial charge is 0.258 e. The van der Waals surface area contributed by atoms with Crippen molar-refractivity contribution in [3.05, 3.63) is 89.5 Å². The van der Waals surface area contributed by atoms with Crippen LogP contribution in [0.1, 0.15) is 36.0 Å². The van der Waals surface area contributed by atoms with Crippen molar-refractivity contribution in [3.63, 3.8) is 0 Å². The maximum absolute atomic E-state index is 6.54. The first kappa shape index (κ1) is 28.4. The average molecular weight is 624 g/mol. The molecule has 0 spiro atoms. The summed E-state index contributed by atoms with van der Waals surface area (Å²) in [4.78, 5) is 29.2. The number of hydrogen-bond acceptors (Lipinski definition) is 11. The van der Waals surface area contributed by atoms with E-state index in [0.29, 0.717) is 29.4 Å². The highest BCUT2D eigenvalue weighted by atomic mass is 15.3. The molecule has 1 fully saturated rings. The molecule has 5 heterocycles. The fraction of sp³-hybridized carbons (Fsp3) is 0.200. The molecule has 12 heteroatoms. The third kappa shape index (κ3) is 5.33. The normalized spacial score (nSPS) is 14.6. The number of anilines is 9. The number of fused-ring (bicyclic) bond motifs is 4. The molecule has 0 unspecified atom stereocenters. The molecule has 0 atom stereocenters. The molecule has 234 valence electrons. The molecule has 2 aromatic heterocycles. The van der Waals surface area contributed by atoms with Crippen LogP contribution >= 0.6 is 0 Å². The molecular formula is C35H35N12+. The van der Waals surface area contributed by atoms with Gasteiger partial charge >= 0.3 is 0 Å². The molecule has 0 bridgehead atoms. The molecular weight excluding hydrogens is 588 g/mol. The molecule has 0 aliphatic carbocycles. The SMILES string of the molecule is Cc1ccccc1N(C)c1nc(Nc2nc3c(c(N4CCCCC4)n2)C=[N+](N)c2ccccc2N3)nc2c1C=Nc1ccccc1N2. The Labute approximate surface area is 272 Å². The number of benzene rings is 3. The number of nitrogens with zero attached hydrogens (tertiary/aromatic N) is 8. The van der Waals surface area contributed by atoms with Gasteiger partial charge in [0.25, 0.3) is 5.69 Å². The molecule has 3 aliphatic rings. The van der Waals surface area contributed by atoms with Crippen molar-refractivity contribution in [3.8, 4) is 0 Å². The Hall–Kier alpha value is -6.04. The molecule has 0 radical (unpaired) electrons. The minimum absolute atomic E-state index is 0.350. The number of piperidine rings is 1. The van der Waals surface area contributed by atoms with Gasteiger partial charge in [0.05, 0.1) is 16.9 Å². The van der Waals surface area contributed by atoms with Crippen LogP contribution in [0, 0.1) is 6.92 Å². The van der Waals surface area contributed by atoms with Gasteiger partial charge in [0, 0.05) is 38.1 Å². The Balaban J connectivity index is 1.26. The first-order chi connectivity index (χ1) is 23.0. The summed E-state index contributed by atoms with van der Waals surface area (Å²) in [5.74, 6) is 10.0. The van der Waals surface area contributed by atoms with Gasteiger partial charge in [-0.1, -0.05) is 47.1 Å². The zero-order valence-electron chi connectivity index (χ0n) is 26.3. The van der Waals surface area contributed by atoms with Crippen molar-refractivity contribution in [2.45, 2.75) is 26.2 Å². The summed E-state index contributed by atoms with van der Waals surface area (Å²) in [5.41, 5.74) is 7.11. The van der Waals surface area contributed by atoms with Gasteiger partial charge in [-0.05, 0) is 56.0 Å². The highest BCUT2D eigenvalue weighted by Gasteiger charge is 2.28. The standard InChI is InChI=1S/C35H34N12/c1-22-12-4-8-16-28(22)45(2)32-23-20-37-25-13-5-6-14-26(25)38-30(23)40-34(42-32)44-35-41-31-24(33(43-35)46-18-10-3-11-19-46)21-47(36)29-17-9-7-15-27(29)39-31/h4-9,12-17,20-21H,3,10-11,18-19,36H2,1-2H3,(H2,37,38,39,40,41,42,44)/p+1. The second-order valence-electron chi connectivity index (χ2n) is 11.9. The van der Waals surface area contributed by atoms with Crippen LogP contribution in [0.5, 0.6) is 0 Å². The van der Waals surface area contributed by atoms with E-state index >= 15 is 0 Å². The predicted molar refractivity (Wildman–Crippen MR) is 189 cm³/mol. The molecule has 0 amide bonds. The summed E-state index contributed by atoms with van der Waals surface area (Å²) < 4.78 is 1.63. The van der Waals surface area contributed by atoms with E-state index in [-0.39, 0.29) is 0 Å². The number of hydrogen-bond donors (Lipinski definition) is 4. The maximum atomic E-state index is 6.54. The van der Waals surface area contributed by atoms with Crippen LogP contribution in [0.3, 0.4) is 0 Å². The van der Waals surface area contributed by atoms with Crippen LogP contribution in [0.2, 0.25) is 0 Å². The van der Waals surface area contributed by atoms with E-state index in [4.69, 9.17) is 30.8 Å². The third-order valence-electron chi connectivity index (χ3n) is 8.72. The van der Waals surface area contributed by atoms with Gasteiger partial charge in [-0.15, -0.1) is 0 Å². The van der Waals surface area contributed by atoms with Crippen molar-refractivity contribution < 1.29 is 4.68 Å². The molecule has 12 nitrogen and oxygen atoms in total. The lowest BCUT2D eigenvalue weighted by Crippen LogP contribution is -2.32. The fourth-order valence-electron chi connectivity index (χ4n) is 6.31. The second kappa shape index (κ2) is 11.7. The lowest BCUT2D eigenvalue weighted by atomic mass is 10.1. The topological polar surface area (TPSA) is 136 Å². The van der Waals surface area contributed by atoms with Crippen molar-refractivity contribution in [1.29, 1.82) is 0 Å². The lowest BCUT2D eigenvalue weighted by Gasteiger charge is -2.29. The van der Waals surface area contributed by atoms with Crippen molar-refractivity contribution >= 4 is 76.0 Å². The van der Waals surface area contributed by atoms with E-state index < -0.39 is 0 Å². The molecule has 1 saturated heterocycles. The number of aliphatic imine (C=N–C) groups is 1. The largest absolute Gasteiger partial charge is 0.356 e. The predicted octanol–water partition coefficient (Wildman–Crippen LogP) is 6.58. The number of hydrazine groups is 1. The van der Waals surface area contributed by atoms with Gasteiger partial charge in [0.1, 0.15) is 28.7 Å². The van der Waals surface area contributed by atoms with Crippen LogP contribution in [0.15, 0.2) is 77.8 Å². The molecule has 5 N–H and O–H groups in total. The molecule has 47 heavy (non-hydrogen) atoms. The van der Waals surface area contributed by atoms with Gasteiger partial charge in [-0.25, -0.2) is 5.84 Å². The van der Waals surface area contributed by atoms with Gasteiger partial charge in [-0.3, -0.25) is 10.3 Å². The number of nitrogens with two attached hydrogens (primary N) is 1. The minimum Gasteiger partial charge on any atom is -0.356 e. The third-order valence-corrected chi connectivity index (χ3v) is 8.72. The number of nitrogens with one attached hydrogen (secondary N) is 3. The van der Waals surface area contributed by atoms with E-state index in [9.17, 15) is 0 Å². The van der Waals surface area contributed by atoms with Crippen LogP contribution in [0.25, 0.3) is 0 Å². The molecule has 3 aromatic carbocycles. The van der Waals surface area contributed by atoms with Crippen molar-refractivity contribution in [2.75, 3.05) is 45.9 Å². The summed E-state index contributed by atoms with van der Waals surface area (Å²) in [5, 5.41) is 10.4. The monoisotopic (exact) mass is 623 g/mol. The Bertz CT molecular complexity index is 2060. The number of rotatable bonds is 5. The first-order valence-electron chi connectivity index (χ1n) is 15.8. The highest BCUT2D eigenvalue weighted by molar-refractivity contribution is 6.00. The van der Waals surface area contributed by atoms with E-state index in [2.05, 4.69) is 44.8 Å². The van der Waals surface area contributed by atoms with E-state index in [1.165, 1.54) is 6.42 Å². The summed E-state index contributed by atoms with van der Waals surface area (Å²) in [6.07, 6.45) is 7.12. The Kier molecular flexibility index (Phi) is 7.09. The van der Waals surface area contributed by atoms with E-state index in [1.54, 1.807) is 4.68 Å². The minimum atomic E-state index is 0.350. The Morgan fingerprint density at radius 3 is 2.30 bits per heavy atom. The van der Waals surface area contributed by atoms with Crippen LogP contribution in [0.4, 0.5) is 63.6 Å². The number of aryl methyl sites for hydroxylation is 1. The lowest BCUT2D eigenvalue weighted by molar-refractivity contribution is -0.445. The summed E-state index contributed by atoms with van der Waals surface area (Å²) in [6.45, 7) is 3.89. The fourth-order valence-corrected chi connectivity index (χ4v) is 6.31. The summed E-state index contributed by atoms with van der Waals surface area (Å²) in [6, 6.07) is 24.0. The van der Waals surface area contributed by atoms with Gasteiger partial charge in [0.15, 0.2) is 5.82 Å². The first-order valence-corrected chi connectivity index (χ1v) is 15.8. The number of hydrazone groups is 1. The van der Waals surface area contributed by atoms with E-state index in [0.717, 1.165) is 76.9 Å². The maximum Gasteiger partial charge on any atom is 0.258 e. The van der Waals surface area contributed by atoms with Crippen molar-refractivity contribution in [1.82, 2.24) is 19.9 Å². The quantitative estimate of drug-likeness (QED) is 0.123. The summed E-state index contributed by atoms with van der Waals surface area (Å²) in [7, 11) is 2.00. The molecule has 8 rings (SSSR count). The summed E-state index contributed by atoms with van der Waals surface area (Å²) >= 11 is 0. The van der Waals surface area contributed by atoms with Crippen LogP contribution in [-0.4, -0.2) is 57.2 Å². The zero-order chi connectivity index (χ0) is 31.9. The van der Waals surface area contributed by atoms with Crippen LogP contribution < -0.4 is 31.6 Å². The van der Waals surface area contributed by atoms with Crippen molar-refractivity contribution in [2.24, 2.45) is 10.8 Å². The van der Waals surface area contributed by atoms with Gasteiger partial charge in [0.2, 0.25) is 18.1 Å². The number of para-hydroxylation sites is 5. The van der Waals surface area contributed by atoms with Gasteiger partial charge in [-0.2, -0.15) is 19.9 Å². The van der Waals surface area contributed by atoms with Crippen LogP contribution in [-0.2, 0) is 0 Å². The second-order valence-corrected chi connectivity index (χ2v) is 11.9. The average Bonchev–Trinajstić information content (AvgIpc) is 3.37.